The molecule has 0 radical (unpaired) electrons. The normalized spacial score (nSPS) is 21.6. The van der Waals surface area contributed by atoms with Gasteiger partial charge in [0.2, 0.25) is 10.0 Å². The largest absolute Gasteiger partial charge is 0.421 e. The van der Waals surface area contributed by atoms with Crippen molar-refractivity contribution in [2.24, 2.45) is 0 Å². The van der Waals surface area contributed by atoms with Gasteiger partial charge >= 0.3 is 6.18 Å². The van der Waals surface area contributed by atoms with E-state index < -0.39 is 33.4 Å². The van der Waals surface area contributed by atoms with Gasteiger partial charge in [-0.3, -0.25) is 5.32 Å². The summed E-state index contributed by atoms with van der Waals surface area (Å²) in [4.78, 5) is 2.33. The number of nitrogens with one attached hydrogen (secondary N) is 1. The highest BCUT2D eigenvalue weighted by atomic mass is 32.2. The number of hydrogen-bond acceptors (Lipinski definition) is 7. The zero-order chi connectivity index (χ0) is 26.9. The van der Waals surface area contributed by atoms with Gasteiger partial charge in [0.25, 0.3) is 0 Å². The fourth-order valence-corrected chi connectivity index (χ4v) is 6.08. The Morgan fingerprint density at radius 3 is 2.39 bits per heavy atom. The van der Waals surface area contributed by atoms with Gasteiger partial charge in [0.1, 0.15) is 5.54 Å². The molecule has 0 saturated carbocycles. The highest BCUT2D eigenvalue weighted by molar-refractivity contribution is 7.96. The number of hydrogen-bond donors (Lipinski definition) is 2. The number of sulfonamides is 1. The smallest absolute Gasteiger partial charge is 0.376 e. The van der Waals surface area contributed by atoms with E-state index >= 15 is 0 Å². The number of benzene rings is 1. The van der Waals surface area contributed by atoms with Crippen molar-refractivity contribution in [2.75, 3.05) is 31.1 Å². The van der Waals surface area contributed by atoms with Crippen molar-refractivity contribution in [1.82, 2.24) is 9.62 Å². The SMILES string of the molecule is CC(C)(C#N)NC[C@H]1CN(S(=O)(=O)C2=CC=CCC2=S)CCN1c1ccc(C(C)(O)C(F)(F)F)cc1. The number of alkyl halides is 3. The van der Waals surface area contributed by atoms with Crippen molar-refractivity contribution in [3.05, 3.63) is 53.0 Å². The first kappa shape index (κ1) is 28.3. The molecule has 2 aliphatic rings. The minimum Gasteiger partial charge on any atom is -0.376 e. The van der Waals surface area contributed by atoms with Crippen LogP contribution in [0.15, 0.2) is 47.4 Å². The number of nitriles is 1. The van der Waals surface area contributed by atoms with Crippen LogP contribution in [0.4, 0.5) is 18.9 Å². The standard InChI is InChI=1S/C24H29F3N4O3S2/c1-22(2,16-28)29-14-19-15-30(36(33,34)21-7-5-4-6-20(21)35)12-13-31(19)18-10-8-17(9-11-18)23(3,32)24(25,26)27/h4-5,7-11,19,29,32H,6,12-15H2,1-3H3/t19-,23?/m0/s1. The lowest BCUT2D eigenvalue weighted by Gasteiger charge is -2.43. The van der Waals surface area contributed by atoms with Crippen LogP contribution in [0.1, 0.15) is 32.8 Å². The molecule has 0 amide bonds. The van der Waals surface area contributed by atoms with Gasteiger partial charge in [0, 0.05) is 43.2 Å². The Kier molecular flexibility index (Phi) is 8.03. The Morgan fingerprint density at radius 1 is 1.19 bits per heavy atom. The molecule has 0 aromatic heterocycles. The third kappa shape index (κ3) is 5.81. The first-order chi connectivity index (χ1) is 16.6. The first-order valence-electron chi connectivity index (χ1n) is 11.3. The molecular formula is C24H29F3N4O3S2. The van der Waals surface area contributed by atoms with E-state index in [1.807, 2.05) is 4.90 Å². The Balaban J connectivity index is 1.89. The van der Waals surface area contributed by atoms with Gasteiger partial charge in [-0.05, 0) is 44.5 Å². The number of anilines is 1. The van der Waals surface area contributed by atoms with Crippen LogP contribution in [0.25, 0.3) is 0 Å². The van der Waals surface area contributed by atoms with Gasteiger partial charge in [-0.25, -0.2) is 8.42 Å². The predicted octanol–water partition coefficient (Wildman–Crippen LogP) is 3.38. The fraction of sp³-hybridized carbons (Fsp3) is 0.500. The molecule has 2 N–H and O–H groups in total. The van der Waals surface area contributed by atoms with E-state index in [1.165, 1.54) is 34.6 Å². The van der Waals surface area contributed by atoms with Gasteiger partial charge in [-0.15, -0.1) is 0 Å². The Bertz CT molecular complexity index is 1200. The second-order valence-corrected chi connectivity index (χ2v) is 11.9. The monoisotopic (exact) mass is 542 g/mol. The van der Waals surface area contributed by atoms with E-state index in [0.29, 0.717) is 23.9 Å². The molecule has 12 heteroatoms. The highest BCUT2D eigenvalue weighted by Crippen LogP contribution is 2.39. The molecule has 7 nitrogen and oxygen atoms in total. The summed E-state index contributed by atoms with van der Waals surface area (Å²) in [5, 5.41) is 22.5. The molecule has 196 valence electrons. The van der Waals surface area contributed by atoms with Crippen LogP contribution in [-0.4, -0.2) is 66.6 Å². The maximum Gasteiger partial charge on any atom is 0.421 e. The van der Waals surface area contributed by atoms with E-state index in [9.17, 15) is 32.0 Å². The molecule has 1 aliphatic carbocycles. The molecule has 2 atom stereocenters. The highest BCUT2D eigenvalue weighted by Gasteiger charge is 2.51. The van der Waals surface area contributed by atoms with Crippen molar-refractivity contribution < 1.29 is 26.7 Å². The number of thiocarbonyl (C=S) groups is 1. The van der Waals surface area contributed by atoms with Crippen LogP contribution in [0.2, 0.25) is 0 Å². The summed E-state index contributed by atoms with van der Waals surface area (Å²) in [7, 11) is -3.85. The zero-order valence-corrected chi connectivity index (χ0v) is 21.8. The third-order valence-corrected chi connectivity index (χ3v) is 8.86. The third-order valence-electron chi connectivity index (χ3n) is 6.40. The van der Waals surface area contributed by atoms with Crippen molar-refractivity contribution in [3.63, 3.8) is 0 Å². The van der Waals surface area contributed by atoms with Crippen LogP contribution in [0.3, 0.4) is 0 Å². The van der Waals surface area contributed by atoms with Crippen LogP contribution >= 0.6 is 12.2 Å². The van der Waals surface area contributed by atoms with Crippen LogP contribution in [0.5, 0.6) is 0 Å². The molecule has 36 heavy (non-hydrogen) atoms. The summed E-state index contributed by atoms with van der Waals surface area (Å²) in [5.74, 6) is 0. The molecular weight excluding hydrogens is 513 g/mol. The lowest BCUT2D eigenvalue weighted by molar-refractivity contribution is -0.258. The minimum absolute atomic E-state index is 0.0858. The molecule has 3 rings (SSSR count). The topological polar surface area (TPSA) is 96.7 Å². The molecule has 1 unspecified atom stereocenters. The maximum absolute atomic E-state index is 13.4. The number of aliphatic hydroxyl groups is 1. The summed E-state index contributed by atoms with van der Waals surface area (Å²) in [6, 6.07) is 7.10. The maximum atomic E-state index is 13.4. The number of nitrogens with zero attached hydrogens (tertiary/aromatic N) is 3. The van der Waals surface area contributed by atoms with Crippen molar-refractivity contribution >= 4 is 32.8 Å². The second-order valence-electron chi connectivity index (χ2n) is 9.53. The van der Waals surface area contributed by atoms with Crippen LogP contribution in [-0.2, 0) is 15.6 Å². The number of rotatable bonds is 7. The quantitative estimate of drug-likeness (QED) is 0.510. The second kappa shape index (κ2) is 10.2. The van der Waals surface area contributed by atoms with Crippen molar-refractivity contribution in [2.45, 2.75) is 50.6 Å². The van der Waals surface area contributed by atoms with Gasteiger partial charge in [0.15, 0.2) is 5.60 Å². The van der Waals surface area contributed by atoms with E-state index in [-0.39, 0.29) is 36.6 Å². The molecule has 1 aromatic rings. The molecule has 1 aromatic carbocycles. The van der Waals surface area contributed by atoms with Crippen LogP contribution in [0, 0.1) is 11.3 Å². The Labute approximate surface area is 214 Å². The number of halogens is 3. The molecule has 0 bridgehead atoms. The Hall–Kier alpha value is -2.30. The summed E-state index contributed by atoms with van der Waals surface area (Å²) in [5.41, 5.74) is -3.60. The van der Waals surface area contributed by atoms with Crippen molar-refractivity contribution in [3.8, 4) is 6.07 Å². The summed E-state index contributed by atoms with van der Waals surface area (Å²) in [6.45, 7) is 4.83. The lowest BCUT2D eigenvalue weighted by atomic mass is 9.95. The fourth-order valence-electron chi connectivity index (χ4n) is 4.01. The number of allylic oxidation sites excluding steroid dienone is 4. The van der Waals surface area contributed by atoms with Crippen molar-refractivity contribution in [1.29, 1.82) is 5.26 Å². The van der Waals surface area contributed by atoms with Crippen LogP contribution < -0.4 is 10.2 Å². The predicted molar refractivity (Wildman–Crippen MR) is 136 cm³/mol. The van der Waals surface area contributed by atoms with Gasteiger partial charge in [-0.1, -0.05) is 36.5 Å². The first-order valence-corrected chi connectivity index (χ1v) is 13.2. The van der Waals surface area contributed by atoms with E-state index in [0.717, 1.165) is 0 Å². The molecule has 1 heterocycles. The average molecular weight is 543 g/mol. The summed E-state index contributed by atoms with van der Waals surface area (Å²) >= 11 is 5.27. The molecule has 0 spiro atoms. The van der Waals surface area contributed by atoms with Gasteiger partial charge in [0.05, 0.1) is 17.0 Å². The van der Waals surface area contributed by atoms with E-state index in [4.69, 9.17) is 12.2 Å². The average Bonchev–Trinajstić information content (AvgIpc) is 2.82. The van der Waals surface area contributed by atoms with E-state index in [1.54, 1.807) is 26.0 Å². The zero-order valence-electron chi connectivity index (χ0n) is 20.2. The molecule has 1 saturated heterocycles. The molecule has 1 aliphatic heterocycles. The Morgan fingerprint density at radius 2 is 1.83 bits per heavy atom. The van der Waals surface area contributed by atoms with Gasteiger partial charge < -0.3 is 10.0 Å². The number of piperazine rings is 1. The summed E-state index contributed by atoms with van der Waals surface area (Å²) in [6.07, 6.45) is 0.467. The lowest BCUT2D eigenvalue weighted by Crippen LogP contribution is -2.59. The molecule has 1 fully saturated rings. The minimum atomic E-state index is -4.84. The van der Waals surface area contributed by atoms with Gasteiger partial charge in [-0.2, -0.15) is 22.7 Å². The van der Waals surface area contributed by atoms with E-state index in [2.05, 4.69) is 11.4 Å². The summed E-state index contributed by atoms with van der Waals surface area (Å²) < 4.78 is 67.8.